The van der Waals surface area contributed by atoms with E-state index in [4.69, 9.17) is 18.0 Å². The number of nitrogens with two attached hydrogens (primary N) is 1. The van der Waals surface area contributed by atoms with Gasteiger partial charge >= 0.3 is 0 Å². The van der Waals surface area contributed by atoms with Crippen LogP contribution in [0.3, 0.4) is 0 Å². The molecular weight excluding hydrogens is 184 g/mol. The van der Waals surface area contributed by atoms with Crippen molar-refractivity contribution in [3.05, 3.63) is 18.0 Å². The van der Waals surface area contributed by atoms with Crippen LogP contribution in [0.2, 0.25) is 0 Å². The van der Waals surface area contributed by atoms with Crippen molar-refractivity contribution >= 4 is 17.2 Å². The van der Waals surface area contributed by atoms with Gasteiger partial charge in [-0.05, 0) is 13.1 Å². The molecule has 0 aliphatic heterocycles. The zero-order chi connectivity index (χ0) is 9.84. The summed E-state index contributed by atoms with van der Waals surface area (Å²) in [5.74, 6) is 0. The second-order valence-corrected chi connectivity index (χ2v) is 3.64. The van der Waals surface area contributed by atoms with Crippen LogP contribution in [0, 0.1) is 0 Å². The molecule has 0 bridgehead atoms. The van der Waals surface area contributed by atoms with Crippen molar-refractivity contribution in [2.45, 2.75) is 6.54 Å². The second-order valence-electron chi connectivity index (χ2n) is 3.12. The van der Waals surface area contributed by atoms with Crippen molar-refractivity contribution in [2.75, 3.05) is 13.6 Å². The molecule has 1 aromatic rings. The Labute approximate surface area is 83.3 Å². The van der Waals surface area contributed by atoms with Crippen LogP contribution in [0.1, 0.15) is 5.69 Å². The maximum atomic E-state index is 5.42. The molecule has 0 saturated carbocycles. The molecule has 0 atom stereocenters. The monoisotopic (exact) mass is 198 g/mol. The van der Waals surface area contributed by atoms with Crippen molar-refractivity contribution in [1.82, 2.24) is 14.7 Å². The molecule has 72 valence electrons. The van der Waals surface area contributed by atoms with Gasteiger partial charge in [-0.1, -0.05) is 12.2 Å². The lowest BCUT2D eigenvalue weighted by molar-refractivity contribution is 0.368. The molecule has 0 saturated heterocycles. The number of rotatable bonds is 4. The Balaban J connectivity index is 2.44. The summed E-state index contributed by atoms with van der Waals surface area (Å²) in [6, 6.07) is 1.98. The number of aromatic nitrogens is 2. The largest absolute Gasteiger partial charge is 0.392 e. The summed E-state index contributed by atoms with van der Waals surface area (Å²) in [7, 11) is 3.87. The van der Waals surface area contributed by atoms with E-state index in [1.807, 2.05) is 31.3 Å². The third-order valence-corrected chi connectivity index (χ3v) is 1.76. The molecule has 0 aromatic carbocycles. The van der Waals surface area contributed by atoms with E-state index in [1.54, 1.807) is 4.68 Å². The summed E-state index contributed by atoms with van der Waals surface area (Å²) < 4.78 is 1.78. The maximum Gasteiger partial charge on any atom is 0.0870 e. The molecule has 5 heteroatoms. The Hall–Kier alpha value is -0.940. The van der Waals surface area contributed by atoms with E-state index < -0.39 is 0 Å². The normalized spacial score (nSPS) is 10.7. The Morgan fingerprint density at radius 1 is 1.77 bits per heavy atom. The zero-order valence-corrected chi connectivity index (χ0v) is 8.71. The first-order chi connectivity index (χ1) is 6.08. The highest BCUT2D eigenvalue weighted by molar-refractivity contribution is 7.80. The number of nitrogens with zero attached hydrogens (tertiary/aromatic N) is 3. The van der Waals surface area contributed by atoms with Crippen molar-refractivity contribution in [1.29, 1.82) is 0 Å². The SMILES string of the molecule is CN(CC(N)=S)Cc1ccn(C)n1. The number of thiocarbonyl (C=S) groups is 1. The van der Waals surface area contributed by atoms with Gasteiger partial charge in [0.1, 0.15) is 0 Å². The summed E-state index contributed by atoms with van der Waals surface area (Å²) in [5, 5.41) is 4.25. The number of hydrogen-bond acceptors (Lipinski definition) is 3. The van der Waals surface area contributed by atoms with Gasteiger partial charge < -0.3 is 5.73 Å². The Morgan fingerprint density at radius 2 is 2.46 bits per heavy atom. The molecule has 0 amide bonds. The highest BCUT2D eigenvalue weighted by atomic mass is 32.1. The first-order valence-electron chi connectivity index (χ1n) is 4.03. The highest BCUT2D eigenvalue weighted by Crippen LogP contribution is 1.98. The van der Waals surface area contributed by atoms with Crippen LogP contribution in [0.15, 0.2) is 12.3 Å². The lowest BCUT2D eigenvalue weighted by Crippen LogP contribution is -2.29. The van der Waals surface area contributed by atoms with E-state index in [2.05, 4.69) is 5.10 Å². The molecule has 1 heterocycles. The molecule has 1 aromatic heterocycles. The van der Waals surface area contributed by atoms with Gasteiger partial charge in [-0.15, -0.1) is 0 Å². The highest BCUT2D eigenvalue weighted by Gasteiger charge is 2.03. The van der Waals surface area contributed by atoms with E-state index in [1.165, 1.54) is 0 Å². The maximum absolute atomic E-state index is 5.42. The molecule has 0 aliphatic rings. The average Bonchev–Trinajstić information content (AvgIpc) is 2.33. The van der Waals surface area contributed by atoms with Gasteiger partial charge in [0, 0.05) is 26.3 Å². The predicted molar refractivity (Wildman–Crippen MR) is 56.3 cm³/mol. The Morgan fingerprint density at radius 3 is 2.92 bits per heavy atom. The van der Waals surface area contributed by atoms with Crippen molar-refractivity contribution in [3.63, 3.8) is 0 Å². The zero-order valence-electron chi connectivity index (χ0n) is 7.90. The van der Waals surface area contributed by atoms with E-state index in [0.717, 1.165) is 12.2 Å². The third kappa shape index (κ3) is 3.52. The lowest BCUT2D eigenvalue weighted by Gasteiger charge is -2.13. The average molecular weight is 198 g/mol. The van der Waals surface area contributed by atoms with Gasteiger partial charge in [-0.25, -0.2) is 0 Å². The van der Waals surface area contributed by atoms with E-state index in [9.17, 15) is 0 Å². The van der Waals surface area contributed by atoms with Gasteiger partial charge in [0.05, 0.1) is 10.7 Å². The Kier molecular flexibility index (Phi) is 3.39. The number of likely N-dealkylation sites (N-methyl/N-ethyl adjacent to an activating group) is 1. The predicted octanol–water partition coefficient (Wildman–Crippen LogP) is 0.138. The number of aryl methyl sites for hydroxylation is 1. The molecule has 4 nitrogen and oxygen atoms in total. The fraction of sp³-hybridized carbons (Fsp3) is 0.500. The van der Waals surface area contributed by atoms with Crippen LogP contribution in [-0.4, -0.2) is 33.3 Å². The Bertz CT molecular complexity index is 294. The van der Waals surface area contributed by atoms with Crippen LogP contribution < -0.4 is 5.73 Å². The van der Waals surface area contributed by atoms with Gasteiger partial charge in [-0.3, -0.25) is 9.58 Å². The van der Waals surface area contributed by atoms with Gasteiger partial charge in [0.2, 0.25) is 0 Å². The van der Waals surface area contributed by atoms with Crippen molar-refractivity contribution < 1.29 is 0 Å². The van der Waals surface area contributed by atoms with E-state index in [-0.39, 0.29) is 0 Å². The standard InChI is InChI=1S/C8H14N4S/c1-11(6-8(9)13)5-7-3-4-12(2)10-7/h3-4H,5-6H2,1-2H3,(H2,9,13). The minimum Gasteiger partial charge on any atom is -0.392 e. The summed E-state index contributed by atoms with van der Waals surface area (Å²) in [6.45, 7) is 1.41. The molecule has 0 spiro atoms. The first kappa shape index (κ1) is 10.1. The summed E-state index contributed by atoms with van der Waals surface area (Å²) in [6.07, 6.45) is 1.92. The topological polar surface area (TPSA) is 47.1 Å². The molecule has 1 rings (SSSR count). The first-order valence-corrected chi connectivity index (χ1v) is 4.44. The fourth-order valence-electron chi connectivity index (χ4n) is 1.15. The summed E-state index contributed by atoms with van der Waals surface area (Å²) in [4.78, 5) is 2.54. The van der Waals surface area contributed by atoms with Gasteiger partial charge in [0.15, 0.2) is 0 Å². The quantitative estimate of drug-likeness (QED) is 0.699. The van der Waals surface area contributed by atoms with E-state index >= 15 is 0 Å². The van der Waals surface area contributed by atoms with Crippen LogP contribution >= 0.6 is 12.2 Å². The molecule has 2 N–H and O–H groups in total. The third-order valence-electron chi connectivity index (χ3n) is 1.63. The summed E-state index contributed by atoms with van der Waals surface area (Å²) in [5.41, 5.74) is 6.45. The summed E-state index contributed by atoms with van der Waals surface area (Å²) >= 11 is 4.80. The second kappa shape index (κ2) is 4.34. The lowest BCUT2D eigenvalue weighted by atomic mass is 10.4. The number of hydrogen-bond donors (Lipinski definition) is 1. The fourth-order valence-corrected chi connectivity index (χ4v) is 1.37. The van der Waals surface area contributed by atoms with Crippen LogP contribution in [0.5, 0.6) is 0 Å². The molecule has 13 heavy (non-hydrogen) atoms. The van der Waals surface area contributed by atoms with Crippen LogP contribution in [-0.2, 0) is 13.6 Å². The van der Waals surface area contributed by atoms with Crippen molar-refractivity contribution in [2.24, 2.45) is 12.8 Å². The van der Waals surface area contributed by atoms with Crippen molar-refractivity contribution in [3.8, 4) is 0 Å². The smallest absolute Gasteiger partial charge is 0.0870 e. The molecule has 0 fully saturated rings. The van der Waals surface area contributed by atoms with Crippen LogP contribution in [0.4, 0.5) is 0 Å². The van der Waals surface area contributed by atoms with Gasteiger partial charge in [-0.2, -0.15) is 5.10 Å². The minimum absolute atomic E-state index is 0.512. The van der Waals surface area contributed by atoms with Crippen LogP contribution in [0.25, 0.3) is 0 Å². The molecule has 0 unspecified atom stereocenters. The molecular formula is C8H14N4S. The van der Waals surface area contributed by atoms with E-state index in [0.29, 0.717) is 11.5 Å². The molecule has 0 aliphatic carbocycles. The minimum atomic E-state index is 0.512. The molecule has 0 radical (unpaired) electrons. The van der Waals surface area contributed by atoms with Gasteiger partial charge in [0.25, 0.3) is 0 Å².